The topological polar surface area (TPSA) is 29.3 Å². The molecule has 0 saturated heterocycles. The summed E-state index contributed by atoms with van der Waals surface area (Å²) in [5.74, 6) is 0.898. The van der Waals surface area contributed by atoms with Gasteiger partial charge >= 0.3 is 0 Å². The zero-order valence-electron chi connectivity index (χ0n) is 10.5. The largest absolute Gasteiger partial charge is 0.371 e. The van der Waals surface area contributed by atoms with Crippen molar-refractivity contribution in [2.75, 3.05) is 18.0 Å². The standard InChI is InChI=1S/C14H21BrN2/c1-2-17(10-11-4-3-5-11)14-7-12(9-16)6-13(15)8-14/h6-8,11H,2-5,9-10,16H2,1H3. The number of nitrogens with two attached hydrogens (primary N) is 1. The highest BCUT2D eigenvalue weighted by Crippen LogP contribution is 2.30. The third-order valence-electron chi connectivity index (χ3n) is 3.63. The zero-order valence-corrected chi connectivity index (χ0v) is 12.0. The van der Waals surface area contributed by atoms with Crippen LogP contribution >= 0.6 is 15.9 Å². The van der Waals surface area contributed by atoms with E-state index in [1.165, 1.54) is 37.1 Å². The van der Waals surface area contributed by atoms with Crippen molar-refractivity contribution in [2.45, 2.75) is 32.7 Å². The Morgan fingerprint density at radius 3 is 2.65 bits per heavy atom. The molecular weight excluding hydrogens is 276 g/mol. The van der Waals surface area contributed by atoms with Crippen molar-refractivity contribution in [1.82, 2.24) is 0 Å². The first-order valence-electron chi connectivity index (χ1n) is 6.47. The second kappa shape index (κ2) is 5.87. The van der Waals surface area contributed by atoms with Gasteiger partial charge in [-0.1, -0.05) is 22.4 Å². The molecule has 2 N–H and O–H groups in total. The van der Waals surface area contributed by atoms with Crippen LogP contribution in [0.15, 0.2) is 22.7 Å². The van der Waals surface area contributed by atoms with Gasteiger partial charge in [0.05, 0.1) is 0 Å². The number of halogens is 1. The van der Waals surface area contributed by atoms with E-state index in [0.717, 1.165) is 16.9 Å². The molecule has 1 aromatic carbocycles. The van der Waals surface area contributed by atoms with Gasteiger partial charge in [0.2, 0.25) is 0 Å². The maximum Gasteiger partial charge on any atom is 0.0380 e. The first-order valence-corrected chi connectivity index (χ1v) is 7.26. The minimum Gasteiger partial charge on any atom is -0.371 e. The number of hydrogen-bond acceptors (Lipinski definition) is 2. The molecule has 2 nitrogen and oxygen atoms in total. The molecule has 0 radical (unpaired) electrons. The Balaban J connectivity index is 2.13. The normalized spacial score (nSPS) is 15.7. The lowest BCUT2D eigenvalue weighted by Gasteiger charge is -2.33. The molecular formula is C14H21BrN2. The summed E-state index contributed by atoms with van der Waals surface area (Å²) in [6.07, 6.45) is 4.21. The lowest BCUT2D eigenvalue weighted by atomic mass is 9.85. The fourth-order valence-corrected chi connectivity index (χ4v) is 2.87. The quantitative estimate of drug-likeness (QED) is 0.901. The second-order valence-electron chi connectivity index (χ2n) is 4.86. The molecule has 94 valence electrons. The van der Waals surface area contributed by atoms with Gasteiger partial charge in [-0.15, -0.1) is 0 Å². The summed E-state index contributed by atoms with van der Waals surface area (Å²) in [6.45, 7) is 5.09. The lowest BCUT2D eigenvalue weighted by Crippen LogP contribution is -2.32. The number of rotatable bonds is 5. The Morgan fingerprint density at radius 2 is 2.12 bits per heavy atom. The van der Waals surface area contributed by atoms with Gasteiger partial charge in [0, 0.05) is 29.8 Å². The van der Waals surface area contributed by atoms with Crippen LogP contribution in [0, 0.1) is 5.92 Å². The fraction of sp³-hybridized carbons (Fsp3) is 0.571. The SMILES string of the molecule is CCN(CC1CCC1)c1cc(Br)cc(CN)c1. The van der Waals surface area contributed by atoms with Crippen LogP contribution in [-0.2, 0) is 6.54 Å². The van der Waals surface area contributed by atoms with E-state index in [4.69, 9.17) is 5.73 Å². The fourth-order valence-electron chi connectivity index (χ4n) is 2.34. The molecule has 3 heteroatoms. The van der Waals surface area contributed by atoms with Crippen LogP contribution in [0.5, 0.6) is 0 Å². The average molecular weight is 297 g/mol. The van der Waals surface area contributed by atoms with Crippen molar-refractivity contribution < 1.29 is 0 Å². The van der Waals surface area contributed by atoms with Gasteiger partial charge in [-0.05, 0) is 49.4 Å². The number of benzene rings is 1. The summed E-state index contributed by atoms with van der Waals surface area (Å²) >= 11 is 3.57. The van der Waals surface area contributed by atoms with Gasteiger partial charge in [-0.2, -0.15) is 0 Å². The Hall–Kier alpha value is -0.540. The summed E-state index contributed by atoms with van der Waals surface area (Å²) in [7, 11) is 0. The van der Waals surface area contributed by atoms with Crippen LogP contribution in [0.1, 0.15) is 31.7 Å². The van der Waals surface area contributed by atoms with Gasteiger partial charge in [0.1, 0.15) is 0 Å². The molecule has 0 spiro atoms. The summed E-state index contributed by atoms with van der Waals surface area (Å²) in [5.41, 5.74) is 8.22. The van der Waals surface area contributed by atoms with Gasteiger partial charge in [-0.3, -0.25) is 0 Å². The summed E-state index contributed by atoms with van der Waals surface area (Å²) < 4.78 is 1.13. The van der Waals surface area contributed by atoms with Gasteiger partial charge < -0.3 is 10.6 Å². The molecule has 2 rings (SSSR count). The number of anilines is 1. The molecule has 1 saturated carbocycles. The van der Waals surface area contributed by atoms with Crippen molar-refractivity contribution in [2.24, 2.45) is 11.7 Å². The van der Waals surface area contributed by atoms with Crippen molar-refractivity contribution in [3.63, 3.8) is 0 Å². The highest BCUT2D eigenvalue weighted by Gasteiger charge is 2.20. The first kappa shape index (κ1) is 12.9. The van der Waals surface area contributed by atoms with Crippen molar-refractivity contribution in [3.8, 4) is 0 Å². The smallest absolute Gasteiger partial charge is 0.0380 e. The molecule has 0 bridgehead atoms. The Morgan fingerprint density at radius 1 is 1.35 bits per heavy atom. The van der Waals surface area contributed by atoms with Gasteiger partial charge in [0.15, 0.2) is 0 Å². The third kappa shape index (κ3) is 3.23. The van der Waals surface area contributed by atoms with Crippen LogP contribution in [-0.4, -0.2) is 13.1 Å². The number of nitrogens with zero attached hydrogens (tertiary/aromatic N) is 1. The Labute approximate surface area is 112 Å². The summed E-state index contributed by atoms with van der Waals surface area (Å²) in [4.78, 5) is 2.47. The van der Waals surface area contributed by atoms with Crippen LogP contribution < -0.4 is 10.6 Å². The van der Waals surface area contributed by atoms with Gasteiger partial charge in [0.25, 0.3) is 0 Å². The van der Waals surface area contributed by atoms with Crippen molar-refractivity contribution in [3.05, 3.63) is 28.2 Å². The Bertz CT molecular complexity index is 374. The second-order valence-corrected chi connectivity index (χ2v) is 5.77. The molecule has 0 heterocycles. The maximum absolute atomic E-state index is 5.73. The van der Waals surface area contributed by atoms with E-state index in [0.29, 0.717) is 6.54 Å². The average Bonchev–Trinajstić information content (AvgIpc) is 2.27. The van der Waals surface area contributed by atoms with E-state index in [9.17, 15) is 0 Å². The molecule has 1 aromatic rings. The highest BCUT2D eigenvalue weighted by molar-refractivity contribution is 9.10. The molecule has 0 amide bonds. The third-order valence-corrected chi connectivity index (χ3v) is 4.09. The monoisotopic (exact) mass is 296 g/mol. The minimum absolute atomic E-state index is 0.605. The van der Waals surface area contributed by atoms with E-state index in [2.05, 4.69) is 46.0 Å². The molecule has 1 aliphatic carbocycles. The van der Waals surface area contributed by atoms with E-state index in [1.54, 1.807) is 0 Å². The predicted molar refractivity (Wildman–Crippen MR) is 77.3 cm³/mol. The molecule has 0 aromatic heterocycles. The van der Waals surface area contributed by atoms with Crippen molar-refractivity contribution in [1.29, 1.82) is 0 Å². The molecule has 0 atom stereocenters. The molecule has 1 aliphatic rings. The van der Waals surface area contributed by atoms with Crippen LogP contribution in [0.2, 0.25) is 0 Å². The molecule has 0 unspecified atom stereocenters. The first-order chi connectivity index (χ1) is 8.22. The lowest BCUT2D eigenvalue weighted by molar-refractivity contribution is 0.318. The Kier molecular flexibility index (Phi) is 4.46. The number of hydrogen-bond donors (Lipinski definition) is 1. The van der Waals surface area contributed by atoms with Crippen LogP contribution in [0.3, 0.4) is 0 Å². The zero-order chi connectivity index (χ0) is 12.3. The summed E-state index contributed by atoms with van der Waals surface area (Å²) in [6, 6.07) is 6.51. The van der Waals surface area contributed by atoms with E-state index < -0.39 is 0 Å². The van der Waals surface area contributed by atoms with Crippen LogP contribution in [0.25, 0.3) is 0 Å². The molecule has 1 fully saturated rings. The summed E-state index contributed by atoms with van der Waals surface area (Å²) in [5, 5.41) is 0. The van der Waals surface area contributed by atoms with E-state index >= 15 is 0 Å². The van der Waals surface area contributed by atoms with Gasteiger partial charge in [-0.25, -0.2) is 0 Å². The maximum atomic E-state index is 5.73. The molecule has 0 aliphatic heterocycles. The minimum atomic E-state index is 0.605. The van der Waals surface area contributed by atoms with Crippen molar-refractivity contribution >= 4 is 21.6 Å². The predicted octanol–water partition coefficient (Wildman–Crippen LogP) is 3.53. The van der Waals surface area contributed by atoms with E-state index in [-0.39, 0.29) is 0 Å². The van der Waals surface area contributed by atoms with E-state index in [1.807, 2.05) is 0 Å². The highest BCUT2D eigenvalue weighted by atomic mass is 79.9. The van der Waals surface area contributed by atoms with Crippen LogP contribution in [0.4, 0.5) is 5.69 Å². The molecule has 17 heavy (non-hydrogen) atoms.